The van der Waals surface area contributed by atoms with Gasteiger partial charge in [-0.1, -0.05) is 0 Å². The number of nitrogens with zero attached hydrogens (tertiary/aromatic N) is 3. The number of carbonyl (C=O) groups excluding carboxylic acids is 1. The van der Waals surface area contributed by atoms with E-state index in [2.05, 4.69) is 10.3 Å². The van der Waals surface area contributed by atoms with Crippen molar-refractivity contribution in [3.63, 3.8) is 0 Å². The summed E-state index contributed by atoms with van der Waals surface area (Å²) in [4.78, 5) is 18.2. The zero-order valence-electron chi connectivity index (χ0n) is 13.0. The van der Waals surface area contributed by atoms with Crippen molar-refractivity contribution in [2.24, 2.45) is 0 Å². The molecule has 1 aromatic rings. The molecule has 0 saturated carbocycles. The van der Waals surface area contributed by atoms with Crippen LogP contribution in [0.3, 0.4) is 0 Å². The zero-order valence-corrected chi connectivity index (χ0v) is 13.0. The minimum atomic E-state index is -0.322. The lowest BCUT2D eigenvalue weighted by Gasteiger charge is -2.47. The van der Waals surface area contributed by atoms with Crippen LogP contribution in [0, 0.1) is 0 Å². The lowest BCUT2D eigenvalue weighted by Crippen LogP contribution is -2.61. The normalized spacial score (nSPS) is 28.8. The van der Waals surface area contributed by atoms with Gasteiger partial charge in [-0.25, -0.2) is 9.78 Å². The highest BCUT2D eigenvalue weighted by Crippen LogP contribution is 2.29. The van der Waals surface area contributed by atoms with Crippen molar-refractivity contribution in [3.05, 3.63) is 18.7 Å². The van der Waals surface area contributed by atoms with E-state index in [1.165, 1.54) is 0 Å². The monoisotopic (exact) mass is 308 g/mol. The Morgan fingerprint density at radius 2 is 2.45 bits per heavy atom. The van der Waals surface area contributed by atoms with Crippen LogP contribution in [-0.4, -0.2) is 65.0 Å². The van der Waals surface area contributed by atoms with E-state index in [0.717, 1.165) is 26.0 Å². The van der Waals surface area contributed by atoms with E-state index in [1.807, 2.05) is 22.6 Å². The van der Waals surface area contributed by atoms with Gasteiger partial charge in [0.1, 0.15) is 5.60 Å². The van der Waals surface area contributed by atoms with E-state index in [-0.39, 0.29) is 17.7 Å². The standard InChI is InChI=1S/C15H24N4O3/c1-13-9-19(10-15(22-13)3-2-8-21-11-15)14(20)17-5-7-18-6-4-16-12-18/h4,6,12-13H,2-3,5,7-11H2,1H3,(H,17,20)/t13-,15-/m0/s1. The average Bonchev–Trinajstić information content (AvgIpc) is 3.00. The van der Waals surface area contributed by atoms with Crippen LogP contribution in [0.2, 0.25) is 0 Å². The van der Waals surface area contributed by atoms with Gasteiger partial charge in [-0.2, -0.15) is 0 Å². The van der Waals surface area contributed by atoms with Crippen molar-refractivity contribution in [3.8, 4) is 0 Å². The molecule has 7 heteroatoms. The summed E-state index contributed by atoms with van der Waals surface area (Å²) in [5.74, 6) is 0. The number of rotatable bonds is 3. The fourth-order valence-corrected chi connectivity index (χ4v) is 3.25. The van der Waals surface area contributed by atoms with Crippen molar-refractivity contribution in [1.82, 2.24) is 19.8 Å². The number of urea groups is 1. The Labute approximate surface area is 130 Å². The Balaban J connectivity index is 1.52. The lowest BCUT2D eigenvalue weighted by atomic mass is 9.93. The smallest absolute Gasteiger partial charge is 0.317 e. The molecule has 2 fully saturated rings. The number of hydrogen-bond donors (Lipinski definition) is 1. The summed E-state index contributed by atoms with van der Waals surface area (Å²) in [6, 6.07) is -0.0276. The molecule has 0 radical (unpaired) electrons. The SMILES string of the molecule is C[C@H]1CN(C(=O)NCCn2ccnc2)C[C@]2(CCCOC2)O1. The Bertz CT molecular complexity index is 485. The van der Waals surface area contributed by atoms with Gasteiger partial charge in [0.05, 0.1) is 25.6 Å². The zero-order chi connectivity index (χ0) is 15.4. The van der Waals surface area contributed by atoms with Gasteiger partial charge in [-0.3, -0.25) is 0 Å². The van der Waals surface area contributed by atoms with Crippen LogP contribution < -0.4 is 5.32 Å². The molecule has 3 heterocycles. The second-order valence-electron chi connectivity index (χ2n) is 6.18. The fourth-order valence-electron chi connectivity index (χ4n) is 3.25. The van der Waals surface area contributed by atoms with Crippen LogP contribution in [0.1, 0.15) is 19.8 Å². The molecule has 3 rings (SSSR count). The van der Waals surface area contributed by atoms with Gasteiger partial charge in [0.15, 0.2) is 0 Å². The van der Waals surface area contributed by atoms with Crippen LogP contribution in [0.4, 0.5) is 4.79 Å². The van der Waals surface area contributed by atoms with E-state index in [0.29, 0.717) is 26.2 Å². The molecule has 2 aliphatic rings. The maximum atomic E-state index is 12.4. The Kier molecular flexibility index (Phi) is 4.63. The molecule has 1 spiro atoms. The van der Waals surface area contributed by atoms with E-state index in [1.54, 1.807) is 12.5 Å². The van der Waals surface area contributed by atoms with E-state index >= 15 is 0 Å². The van der Waals surface area contributed by atoms with E-state index in [4.69, 9.17) is 9.47 Å². The van der Waals surface area contributed by atoms with Crippen LogP contribution >= 0.6 is 0 Å². The Morgan fingerprint density at radius 1 is 1.55 bits per heavy atom. The molecule has 0 aromatic carbocycles. The Morgan fingerprint density at radius 3 is 3.18 bits per heavy atom. The summed E-state index contributed by atoms with van der Waals surface area (Å²) < 4.78 is 13.6. The van der Waals surface area contributed by atoms with Crippen LogP contribution in [0.25, 0.3) is 0 Å². The van der Waals surface area contributed by atoms with Crippen molar-refractivity contribution in [2.75, 3.05) is 32.8 Å². The molecule has 0 unspecified atom stereocenters. The molecule has 2 amide bonds. The van der Waals surface area contributed by atoms with Crippen molar-refractivity contribution in [2.45, 2.75) is 38.0 Å². The summed E-state index contributed by atoms with van der Waals surface area (Å²) in [6.07, 6.45) is 7.35. The molecule has 7 nitrogen and oxygen atoms in total. The highest BCUT2D eigenvalue weighted by molar-refractivity contribution is 5.74. The maximum absolute atomic E-state index is 12.4. The predicted molar refractivity (Wildman–Crippen MR) is 80.5 cm³/mol. The van der Waals surface area contributed by atoms with Crippen molar-refractivity contribution >= 4 is 6.03 Å². The number of amides is 2. The summed E-state index contributed by atoms with van der Waals surface area (Å²) in [6.45, 7) is 5.92. The molecular formula is C15H24N4O3. The van der Waals surface area contributed by atoms with Gasteiger partial charge in [-0.05, 0) is 19.8 Å². The third-order valence-electron chi connectivity index (χ3n) is 4.19. The fraction of sp³-hybridized carbons (Fsp3) is 0.733. The summed E-state index contributed by atoms with van der Waals surface area (Å²) in [5, 5.41) is 2.98. The molecular weight excluding hydrogens is 284 g/mol. The molecule has 122 valence electrons. The number of imidazole rings is 1. The lowest BCUT2D eigenvalue weighted by molar-refractivity contribution is -0.188. The predicted octanol–water partition coefficient (Wildman–Crippen LogP) is 0.863. The highest BCUT2D eigenvalue weighted by Gasteiger charge is 2.42. The second kappa shape index (κ2) is 6.66. The molecule has 0 aliphatic carbocycles. The van der Waals surface area contributed by atoms with Gasteiger partial charge in [0, 0.05) is 38.6 Å². The van der Waals surface area contributed by atoms with Gasteiger partial charge >= 0.3 is 6.03 Å². The topological polar surface area (TPSA) is 68.6 Å². The molecule has 1 N–H and O–H groups in total. The molecule has 0 bridgehead atoms. The molecule has 1 aromatic heterocycles. The Hall–Kier alpha value is -1.60. The largest absolute Gasteiger partial charge is 0.378 e. The quantitative estimate of drug-likeness (QED) is 0.899. The van der Waals surface area contributed by atoms with Gasteiger partial charge < -0.3 is 24.3 Å². The average molecular weight is 308 g/mol. The number of ether oxygens (including phenoxy) is 2. The molecule has 2 saturated heterocycles. The molecule has 2 atom stereocenters. The first-order valence-electron chi connectivity index (χ1n) is 7.91. The number of hydrogen-bond acceptors (Lipinski definition) is 4. The number of morpholine rings is 1. The minimum Gasteiger partial charge on any atom is -0.378 e. The van der Waals surface area contributed by atoms with E-state index in [9.17, 15) is 4.79 Å². The summed E-state index contributed by atoms with van der Waals surface area (Å²) >= 11 is 0. The van der Waals surface area contributed by atoms with Crippen LogP contribution in [0.15, 0.2) is 18.7 Å². The van der Waals surface area contributed by atoms with Gasteiger partial charge in [0.2, 0.25) is 0 Å². The third-order valence-corrected chi connectivity index (χ3v) is 4.19. The molecule has 22 heavy (non-hydrogen) atoms. The molecule has 2 aliphatic heterocycles. The third kappa shape index (κ3) is 3.59. The van der Waals surface area contributed by atoms with E-state index < -0.39 is 0 Å². The van der Waals surface area contributed by atoms with Crippen LogP contribution in [-0.2, 0) is 16.0 Å². The first kappa shape index (κ1) is 15.3. The summed E-state index contributed by atoms with van der Waals surface area (Å²) in [5.41, 5.74) is -0.322. The number of nitrogens with one attached hydrogen (secondary N) is 1. The van der Waals surface area contributed by atoms with Gasteiger partial charge in [0.25, 0.3) is 0 Å². The van der Waals surface area contributed by atoms with Crippen LogP contribution in [0.5, 0.6) is 0 Å². The number of carbonyl (C=O) groups is 1. The second-order valence-corrected chi connectivity index (χ2v) is 6.18. The van der Waals surface area contributed by atoms with Crippen molar-refractivity contribution < 1.29 is 14.3 Å². The van der Waals surface area contributed by atoms with Gasteiger partial charge in [-0.15, -0.1) is 0 Å². The first-order chi connectivity index (χ1) is 10.7. The first-order valence-corrected chi connectivity index (χ1v) is 7.91. The van der Waals surface area contributed by atoms with Crippen molar-refractivity contribution in [1.29, 1.82) is 0 Å². The number of aromatic nitrogens is 2. The maximum Gasteiger partial charge on any atom is 0.317 e. The highest BCUT2D eigenvalue weighted by atomic mass is 16.6. The minimum absolute atomic E-state index is 0.0276. The summed E-state index contributed by atoms with van der Waals surface area (Å²) in [7, 11) is 0.